The molecule has 0 bridgehead atoms. The van der Waals surface area contributed by atoms with E-state index in [1.165, 1.54) is 25.1 Å². The zero-order valence-corrected chi connectivity index (χ0v) is 9.19. The second-order valence-corrected chi connectivity index (χ2v) is 5.05. The van der Waals surface area contributed by atoms with Gasteiger partial charge in [-0.05, 0) is 18.3 Å². The molecule has 0 aromatic carbocycles. The molecule has 1 N–H and O–H groups in total. The molecule has 0 aliphatic carbocycles. The summed E-state index contributed by atoms with van der Waals surface area (Å²) in [7, 11) is 0. The highest BCUT2D eigenvalue weighted by molar-refractivity contribution is 5.82. The van der Waals surface area contributed by atoms with Crippen LogP contribution in [0.2, 0.25) is 0 Å². The van der Waals surface area contributed by atoms with Crippen molar-refractivity contribution in [2.75, 3.05) is 13.1 Å². The average molecular weight is 182 g/mol. The Hall–Kier alpha value is -0.530. The number of rotatable bonds is 1. The summed E-state index contributed by atoms with van der Waals surface area (Å²) in [4.78, 5) is 4.53. The first kappa shape index (κ1) is 10.6. The predicted molar refractivity (Wildman–Crippen MR) is 58.2 cm³/mol. The van der Waals surface area contributed by atoms with Crippen LogP contribution in [0.25, 0.3) is 0 Å². The minimum absolute atomic E-state index is 0.356. The van der Waals surface area contributed by atoms with Gasteiger partial charge in [-0.15, -0.1) is 0 Å². The van der Waals surface area contributed by atoms with Gasteiger partial charge in [0.2, 0.25) is 0 Å². The van der Waals surface area contributed by atoms with Gasteiger partial charge in [0.15, 0.2) is 0 Å². The Bertz CT molecular complexity index is 177. The second kappa shape index (κ2) is 4.64. The third-order valence-corrected chi connectivity index (χ3v) is 2.20. The lowest BCUT2D eigenvalue weighted by molar-refractivity contribution is 0.407. The molecule has 1 heterocycles. The Morgan fingerprint density at radius 3 is 2.69 bits per heavy atom. The van der Waals surface area contributed by atoms with Crippen molar-refractivity contribution in [1.82, 2.24) is 5.32 Å². The van der Waals surface area contributed by atoms with E-state index in [0.717, 1.165) is 19.5 Å². The Kier molecular flexibility index (Phi) is 3.76. The van der Waals surface area contributed by atoms with Crippen LogP contribution in [0.1, 0.15) is 46.5 Å². The van der Waals surface area contributed by atoms with Gasteiger partial charge in [0.25, 0.3) is 0 Å². The largest absolute Gasteiger partial charge is 0.373 e. The summed E-state index contributed by atoms with van der Waals surface area (Å²) in [5.41, 5.74) is 0.356. The van der Waals surface area contributed by atoms with E-state index >= 15 is 0 Å². The molecule has 0 saturated carbocycles. The maximum absolute atomic E-state index is 4.53. The van der Waals surface area contributed by atoms with E-state index in [4.69, 9.17) is 0 Å². The van der Waals surface area contributed by atoms with Crippen LogP contribution < -0.4 is 5.32 Å². The quantitative estimate of drug-likeness (QED) is 0.662. The van der Waals surface area contributed by atoms with Crippen LogP contribution in [-0.4, -0.2) is 18.9 Å². The van der Waals surface area contributed by atoms with E-state index in [0.29, 0.717) is 5.41 Å². The topological polar surface area (TPSA) is 24.4 Å². The number of hydrogen-bond donors (Lipinski definition) is 1. The molecule has 1 aliphatic rings. The second-order valence-electron chi connectivity index (χ2n) is 5.05. The molecule has 0 unspecified atom stereocenters. The summed E-state index contributed by atoms with van der Waals surface area (Å²) in [5.74, 6) is 1.23. The summed E-state index contributed by atoms with van der Waals surface area (Å²) >= 11 is 0. The van der Waals surface area contributed by atoms with E-state index in [-0.39, 0.29) is 0 Å². The lowest BCUT2D eigenvalue weighted by Crippen LogP contribution is -2.32. The van der Waals surface area contributed by atoms with E-state index in [9.17, 15) is 0 Å². The van der Waals surface area contributed by atoms with E-state index in [1.807, 2.05) is 0 Å². The SMILES string of the molecule is CC(C)(C)CNC1=NCCCCC1. The van der Waals surface area contributed by atoms with Gasteiger partial charge in [0.05, 0.1) is 5.84 Å². The highest BCUT2D eigenvalue weighted by atomic mass is 15.0. The monoisotopic (exact) mass is 182 g/mol. The molecular weight excluding hydrogens is 160 g/mol. The van der Waals surface area contributed by atoms with Crippen molar-refractivity contribution in [2.45, 2.75) is 46.5 Å². The zero-order valence-electron chi connectivity index (χ0n) is 9.19. The third-order valence-electron chi connectivity index (χ3n) is 2.20. The van der Waals surface area contributed by atoms with Crippen molar-refractivity contribution in [3.8, 4) is 0 Å². The number of nitrogens with one attached hydrogen (secondary N) is 1. The standard InChI is InChI=1S/C11H22N2/c1-11(2,3)9-13-10-7-5-4-6-8-12-10/h4-9H2,1-3H3,(H,12,13). The van der Waals surface area contributed by atoms with Gasteiger partial charge in [0, 0.05) is 19.5 Å². The third kappa shape index (κ3) is 4.91. The van der Waals surface area contributed by atoms with Crippen molar-refractivity contribution in [3.63, 3.8) is 0 Å². The van der Waals surface area contributed by atoms with Crippen LogP contribution in [0, 0.1) is 5.41 Å². The minimum Gasteiger partial charge on any atom is -0.373 e. The van der Waals surface area contributed by atoms with Crippen molar-refractivity contribution in [2.24, 2.45) is 10.4 Å². The molecule has 0 atom stereocenters. The molecule has 0 amide bonds. The normalized spacial score (nSPS) is 19.2. The molecule has 0 aromatic rings. The number of nitrogens with zero attached hydrogens (tertiary/aromatic N) is 1. The van der Waals surface area contributed by atoms with Crippen molar-refractivity contribution in [3.05, 3.63) is 0 Å². The summed E-state index contributed by atoms with van der Waals surface area (Å²) in [6.45, 7) is 8.80. The summed E-state index contributed by atoms with van der Waals surface area (Å²) in [6.07, 6.45) is 5.05. The van der Waals surface area contributed by atoms with Gasteiger partial charge >= 0.3 is 0 Å². The first-order valence-corrected chi connectivity index (χ1v) is 5.35. The highest BCUT2D eigenvalue weighted by Crippen LogP contribution is 2.12. The smallest absolute Gasteiger partial charge is 0.0963 e. The molecule has 0 saturated heterocycles. The van der Waals surface area contributed by atoms with Crippen LogP contribution in [0.4, 0.5) is 0 Å². The van der Waals surface area contributed by atoms with E-state index in [1.54, 1.807) is 0 Å². The lowest BCUT2D eigenvalue weighted by atomic mass is 9.97. The fourth-order valence-corrected chi connectivity index (χ4v) is 1.39. The molecular formula is C11H22N2. The fourth-order valence-electron chi connectivity index (χ4n) is 1.39. The van der Waals surface area contributed by atoms with Crippen LogP contribution in [0.15, 0.2) is 4.99 Å². The molecule has 0 spiro atoms. The molecule has 2 heteroatoms. The van der Waals surface area contributed by atoms with Crippen LogP contribution in [0.3, 0.4) is 0 Å². The number of aliphatic imine (C=N–C) groups is 1. The summed E-state index contributed by atoms with van der Waals surface area (Å²) < 4.78 is 0. The first-order valence-electron chi connectivity index (χ1n) is 5.35. The Labute approximate surface area is 81.8 Å². The van der Waals surface area contributed by atoms with Crippen molar-refractivity contribution >= 4 is 5.84 Å². The van der Waals surface area contributed by atoms with Gasteiger partial charge in [-0.2, -0.15) is 0 Å². The molecule has 0 fully saturated rings. The van der Waals surface area contributed by atoms with Gasteiger partial charge in [0.1, 0.15) is 0 Å². The van der Waals surface area contributed by atoms with Gasteiger partial charge in [-0.1, -0.05) is 27.2 Å². The van der Waals surface area contributed by atoms with Crippen molar-refractivity contribution < 1.29 is 0 Å². The maximum atomic E-state index is 4.53. The summed E-state index contributed by atoms with van der Waals surface area (Å²) in [6, 6.07) is 0. The predicted octanol–water partition coefficient (Wildman–Crippen LogP) is 2.59. The van der Waals surface area contributed by atoms with Crippen molar-refractivity contribution in [1.29, 1.82) is 0 Å². The van der Waals surface area contributed by atoms with E-state index in [2.05, 4.69) is 31.1 Å². The summed E-state index contributed by atoms with van der Waals surface area (Å²) in [5, 5.41) is 3.45. The Morgan fingerprint density at radius 1 is 1.23 bits per heavy atom. The first-order chi connectivity index (χ1) is 6.08. The lowest BCUT2D eigenvalue weighted by Gasteiger charge is -2.20. The molecule has 0 aromatic heterocycles. The molecule has 2 nitrogen and oxygen atoms in total. The molecule has 0 radical (unpaired) electrons. The van der Waals surface area contributed by atoms with Crippen LogP contribution in [-0.2, 0) is 0 Å². The number of amidine groups is 1. The fraction of sp³-hybridized carbons (Fsp3) is 0.909. The van der Waals surface area contributed by atoms with E-state index < -0.39 is 0 Å². The molecule has 13 heavy (non-hydrogen) atoms. The maximum Gasteiger partial charge on any atom is 0.0963 e. The highest BCUT2D eigenvalue weighted by Gasteiger charge is 2.11. The average Bonchev–Trinajstić information content (AvgIpc) is 2.26. The Morgan fingerprint density at radius 2 is 2.00 bits per heavy atom. The molecule has 1 rings (SSSR count). The van der Waals surface area contributed by atoms with Gasteiger partial charge in [-0.25, -0.2) is 0 Å². The Balaban J connectivity index is 2.30. The zero-order chi connectivity index (χ0) is 9.73. The van der Waals surface area contributed by atoms with Crippen LogP contribution in [0.5, 0.6) is 0 Å². The molecule has 76 valence electrons. The number of hydrogen-bond acceptors (Lipinski definition) is 2. The van der Waals surface area contributed by atoms with Crippen LogP contribution >= 0.6 is 0 Å². The van der Waals surface area contributed by atoms with Gasteiger partial charge in [-0.3, -0.25) is 4.99 Å². The molecule has 1 aliphatic heterocycles. The van der Waals surface area contributed by atoms with Gasteiger partial charge < -0.3 is 5.32 Å². The minimum atomic E-state index is 0.356.